The third-order valence-corrected chi connectivity index (χ3v) is 3.92. The second-order valence-corrected chi connectivity index (χ2v) is 5.98. The largest absolute Gasteiger partial charge is 0.308 e. The predicted octanol–water partition coefficient (Wildman–Crippen LogP) is 0.930. The highest BCUT2D eigenvalue weighted by molar-refractivity contribution is 7.91. The van der Waals surface area contributed by atoms with Gasteiger partial charge in [-0.15, -0.1) is 0 Å². The molecule has 0 atom stereocenters. The zero-order valence-corrected chi connectivity index (χ0v) is 10.5. The van der Waals surface area contributed by atoms with Crippen molar-refractivity contribution >= 4 is 15.5 Å². The maximum absolute atomic E-state index is 11.8. The highest BCUT2D eigenvalue weighted by atomic mass is 32.2. The van der Waals surface area contributed by atoms with Crippen molar-refractivity contribution in [3.8, 4) is 0 Å². The predicted molar refractivity (Wildman–Crippen MR) is 63.7 cm³/mol. The number of nitro benzene ring substituents is 1. The van der Waals surface area contributed by atoms with Crippen LogP contribution in [0.15, 0.2) is 29.2 Å². The number of nitro groups is 1. The Bertz CT molecular complexity index is 494. The molecule has 0 amide bonds. The number of non-ortho nitro benzene ring substituents is 1. The van der Waals surface area contributed by atoms with Crippen LogP contribution in [0.25, 0.3) is 0 Å². The number of benzene rings is 1. The molecule has 0 aromatic heterocycles. The van der Waals surface area contributed by atoms with Crippen molar-refractivity contribution < 1.29 is 13.3 Å². The molecule has 0 heterocycles. The summed E-state index contributed by atoms with van der Waals surface area (Å²) in [5.74, 6) is -0.00217. The fraction of sp³-hybridized carbons (Fsp3) is 0.400. The van der Waals surface area contributed by atoms with Crippen molar-refractivity contribution in [2.24, 2.45) is 0 Å². The van der Waals surface area contributed by atoms with E-state index in [1.165, 1.54) is 24.3 Å². The van der Waals surface area contributed by atoms with E-state index < -0.39 is 14.8 Å². The summed E-state index contributed by atoms with van der Waals surface area (Å²) < 4.78 is 23.6. The van der Waals surface area contributed by atoms with Crippen molar-refractivity contribution in [1.29, 1.82) is 0 Å². The lowest BCUT2D eigenvalue weighted by Crippen LogP contribution is -2.21. The fourth-order valence-electron chi connectivity index (χ4n) is 1.20. The topological polar surface area (TPSA) is 80.5 Å². The van der Waals surface area contributed by atoms with Gasteiger partial charge in [-0.25, -0.2) is 8.42 Å². The molecule has 7 heteroatoms. The summed E-state index contributed by atoms with van der Waals surface area (Å²) in [5.41, 5.74) is -0.114. The Labute approximate surface area is 99.9 Å². The molecule has 1 aromatic carbocycles. The molecule has 0 unspecified atom stereocenters. The maximum Gasteiger partial charge on any atom is 0.269 e. The van der Waals surface area contributed by atoms with E-state index in [9.17, 15) is 18.5 Å². The van der Waals surface area contributed by atoms with Crippen molar-refractivity contribution in [2.75, 3.05) is 26.4 Å². The van der Waals surface area contributed by atoms with E-state index in [0.29, 0.717) is 6.54 Å². The van der Waals surface area contributed by atoms with Gasteiger partial charge in [0.05, 0.1) is 15.6 Å². The van der Waals surface area contributed by atoms with Crippen LogP contribution in [0.5, 0.6) is 0 Å². The molecule has 0 aliphatic carbocycles. The Morgan fingerprint density at radius 2 is 1.76 bits per heavy atom. The number of hydrogen-bond acceptors (Lipinski definition) is 5. The molecule has 0 bridgehead atoms. The van der Waals surface area contributed by atoms with Crippen LogP contribution in [0.3, 0.4) is 0 Å². The molecule has 17 heavy (non-hydrogen) atoms. The highest BCUT2D eigenvalue weighted by Gasteiger charge is 2.16. The van der Waals surface area contributed by atoms with Crippen LogP contribution < -0.4 is 0 Å². The second kappa shape index (κ2) is 5.24. The van der Waals surface area contributed by atoms with Gasteiger partial charge in [0.1, 0.15) is 0 Å². The monoisotopic (exact) mass is 258 g/mol. The SMILES string of the molecule is CN(C)CCS(=O)(=O)c1ccc([N+](=O)[O-])cc1. The first-order chi connectivity index (χ1) is 7.83. The Hall–Kier alpha value is -1.47. The van der Waals surface area contributed by atoms with Gasteiger partial charge >= 0.3 is 0 Å². The Balaban J connectivity index is 2.89. The van der Waals surface area contributed by atoms with Crippen LogP contribution in [0.1, 0.15) is 0 Å². The smallest absolute Gasteiger partial charge is 0.269 e. The van der Waals surface area contributed by atoms with E-state index in [1.807, 2.05) is 0 Å². The van der Waals surface area contributed by atoms with Gasteiger partial charge in [0.2, 0.25) is 0 Å². The van der Waals surface area contributed by atoms with Gasteiger partial charge in [-0.05, 0) is 26.2 Å². The van der Waals surface area contributed by atoms with Crippen molar-refractivity contribution in [2.45, 2.75) is 4.90 Å². The van der Waals surface area contributed by atoms with Gasteiger partial charge in [-0.1, -0.05) is 0 Å². The molecular formula is C10H14N2O4S. The molecule has 1 rings (SSSR count). The maximum atomic E-state index is 11.8. The van der Waals surface area contributed by atoms with E-state index in [0.717, 1.165) is 0 Å². The summed E-state index contributed by atoms with van der Waals surface area (Å²) in [7, 11) is 0.204. The lowest BCUT2D eigenvalue weighted by Gasteiger charge is -2.09. The van der Waals surface area contributed by atoms with Crippen LogP contribution >= 0.6 is 0 Å². The van der Waals surface area contributed by atoms with Crippen LogP contribution in [0.4, 0.5) is 5.69 Å². The van der Waals surface area contributed by atoms with E-state index in [1.54, 1.807) is 19.0 Å². The zero-order valence-electron chi connectivity index (χ0n) is 9.66. The Kier molecular flexibility index (Phi) is 4.19. The van der Waals surface area contributed by atoms with Gasteiger partial charge in [0, 0.05) is 18.7 Å². The third-order valence-electron chi connectivity index (χ3n) is 2.21. The lowest BCUT2D eigenvalue weighted by atomic mass is 10.3. The minimum absolute atomic E-state index is 0.00217. The Morgan fingerprint density at radius 3 is 2.18 bits per heavy atom. The first-order valence-corrected chi connectivity index (χ1v) is 6.60. The van der Waals surface area contributed by atoms with Gasteiger partial charge in [0.15, 0.2) is 9.84 Å². The van der Waals surface area contributed by atoms with Gasteiger partial charge in [-0.2, -0.15) is 0 Å². The summed E-state index contributed by atoms with van der Waals surface area (Å²) in [4.78, 5) is 11.7. The van der Waals surface area contributed by atoms with E-state index in [2.05, 4.69) is 0 Å². The zero-order chi connectivity index (χ0) is 13.1. The summed E-state index contributed by atoms with van der Waals surface area (Å²) in [6, 6.07) is 4.93. The Morgan fingerprint density at radius 1 is 1.24 bits per heavy atom. The van der Waals surface area contributed by atoms with Crippen molar-refractivity contribution in [3.05, 3.63) is 34.4 Å². The summed E-state index contributed by atoms with van der Waals surface area (Å²) in [6.07, 6.45) is 0. The normalized spacial score (nSPS) is 11.7. The molecule has 6 nitrogen and oxygen atoms in total. The fourth-order valence-corrected chi connectivity index (χ4v) is 2.59. The van der Waals surface area contributed by atoms with E-state index >= 15 is 0 Å². The van der Waals surface area contributed by atoms with Crippen LogP contribution in [-0.2, 0) is 9.84 Å². The number of sulfone groups is 1. The highest BCUT2D eigenvalue weighted by Crippen LogP contribution is 2.16. The summed E-state index contributed by atoms with van der Waals surface area (Å²) >= 11 is 0. The standard InChI is InChI=1S/C10H14N2O4S/c1-11(2)7-8-17(15,16)10-5-3-9(4-6-10)12(13)14/h3-6H,7-8H2,1-2H3. The first kappa shape index (κ1) is 13.6. The molecule has 0 spiro atoms. The molecule has 0 radical (unpaired) electrons. The number of nitrogens with zero attached hydrogens (tertiary/aromatic N) is 2. The molecule has 0 fully saturated rings. The average Bonchev–Trinajstić information content (AvgIpc) is 2.27. The number of hydrogen-bond donors (Lipinski definition) is 0. The second-order valence-electron chi connectivity index (χ2n) is 3.87. The summed E-state index contributed by atoms with van der Waals surface area (Å²) in [6.45, 7) is 0.416. The molecular weight excluding hydrogens is 244 g/mol. The molecule has 1 aromatic rings. The third kappa shape index (κ3) is 3.79. The lowest BCUT2D eigenvalue weighted by molar-refractivity contribution is -0.384. The summed E-state index contributed by atoms with van der Waals surface area (Å²) in [5, 5.41) is 10.4. The van der Waals surface area contributed by atoms with Gasteiger partial charge < -0.3 is 4.90 Å². The van der Waals surface area contributed by atoms with E-state index in [4.69, 9.17) is 0 Å². The molecule has 0 N–H and O–H groups in total. The van der Waals surface area contributed by atoms with Gasteiger partial charge in [0.25, 0.3) is 5.69 Å². The van der Waals surface area contributed by atoms with E-state index in [-0.39, 0.29) is 16.3 Å². The molecule has 0 aliphatic rings. The number of rotatable bonds is 5. The van der Waals surface area contributed by atoms with Crippen LogP contribution in [0.2, 0.25) is 0 Å². The quantitative estimate of drug-likeness (QED) is 0.579. The van der Waals surface area contributed by atoms with Gasteiger partial charge in [-0.3, -0.25) is 10.1 Å². The van der Waals surface area contributed by atoms with Crippen molar-refractivity contribution in [1.82, 2.24) is 4.90 Å². The molecule has 0 aliphatic heterocycles. The molecule has 94 valence electrons. The molecule has 0 saturated heterocycles. The minimum Gasteiger partial charge on any atom is -0.308 e. The first-order valence-electron chi connectivity index (χ1n) is 4.95. The average molecular weight is 258 g/mol. The minimum atomic E-state index is -3.36. The molecule has 0 saturated carbocycles. The van der Waals surface area contributed by atoms with Crippen molar-refractivity contribution in [3.63, 3.8) is 0 Å². The van der Waals surface area contributed by atoms with Crippen LogP contribution in [0, 0.1) is 10.1 Å². The van der Waals surface area contributed by atoms with Crippen LogP contribution in [-0.4, -0.2) is 44.6 Å².